The SMILES string of the molecule is CCc1cc(C(NC(=O)O)C(C)(C)C)on1. The van der Waals surface area contributed by atoms with Crippen molar-refractivity contribution in [3.8, 4) is 0 Å². The van der Waals surface area contributed by atoms with E-state index in [4.69, 9.17) is 9.63 Å². The summed E-state index contributed by atoms with van der Waals surface area (Å²) >= 11 is 0. The van der Waals surface area contributed by atoms with Crippen molar-refractivity contribution < 1.29 is 14.4 Å². The molecule has 1 atom stereocenters. The third-order valence-electron chi connectivity index (χ3n) is 2.36. The fourth-order valence-corrected chi connectivity index (χ4v) is 1.47. The third-order valence-corrected chi connectivity index (χ3v) is 2.36. The van der Waals surface area contributed by atoms with Gasteiger partial charge in [0.15, 0.2) is 5.76 Å². The zero-order valence-electron chi connectivity index (χ0n) is 10.1. The summed E-state index contributed by atoms with van der Waals surface area (Å²) in [6, 6.07) is 1.41. The summed E-state index contributed by atoms with van der Waals surface area (Å²) in [6.07, 6.45) is -0.290. The van der Waals surface area contributed by atoms with Gasteiger partial charge in [0.05, 0.1) is 11.7 Å². The zero-order chi connectivity index (χ0) is 12.3. The highest BCUT2D eigenvalue weighted by molar-refractivity contribution is 5.65. The number of carbonyl (C=O) groups is 1. The number of rotatable bonds is 3. The van der Waals surface area contributed by atoms with E-state index < -0.39 is 12.1 Å². The molecule has 1 unspecified atom stereocenters. The average Bonchev–Trinajstić information content (AvgIpc) is 2.60. The number of carboxylic acid groups (broad SMARTS) is 1. The maximum Gasteiger partial charge on any atom is 0.405 e. The Kier molecular flexibility index (Phi) is 3.57. The van der Waals surface area contributed by atoms with Crippen molar-refractivity contribution in [2.75, 3.05) is 0 Å². The molecule has 5 heteroatoms. The van der Waals surface area contributed by atoms with E-state index in [1.54, 1.807) is 6.07 Å². The molecule has 0 saturated heterocycles. The minimum atomic E-state index is -1.06. The molecule has 1 rings (SSSR count). The van der Waals surface area contributed by atoms with Gasteiger partial charge in [-0.3, -0.25) is 0 Å². The molecule has 0 radical (unpaired) electrons. The van der Waals surface area contributed by atoms with E-state index in [0.29, 0.717) is 5.76 Å². The Bertz CT molecular complexity index is 366. The van der Waals surface area contributed by atoms with Crippen LogP contribution < -0.4 is 5.32 Å². The van der Waals surface area contributed by atoms with Gasteiger partial charge in [-0.1, -0.05) is 32.9 Å². The Labute approximate surface area is 94.8 Å². The Balaban J connectivity index is 2.96. The van der Waals surface area contributed by atoms with Crippen LogP contribution in [-0.4, -0.2) is 16.4 Å². The second kappa shape index (κ2) is 4.55. The van der Waals surface area contributed by atoms with Crippen LogP contribution in [0, 0.1) is 5.41 Å². The summed E-state index contributed by atoms with van der Waals surface area (Å²) < 4.78 is 5.17. The Hall–Kier alpha value is -1.52. The fraction of sp³-hybridized carbons (Fsp3) is 0.636. The lowest BCUT2D eigenvalue weighted by molar-refractivity contribution is 0.164. The first kappa shape index (κ1) is 12.5. The van der Waals surface area contributed by atoms with Gasteiger partial charge in [-0.05, 0) is 11.8 Å². The van der Waals surface area contributed by atoms with E-state index in [1.807, 2.05) is 27.7 Å². The highest BCUT2D eigenvalue weighted by Crippen LogP contribution is 2.33. The van der Waals surface area contributed by atoms with E-state index in [2.05, 4.69) is 10.5 Å². The van der Waals surface area contributed by atoms with Crippen molar-refractivity contribution in [2.45, 2.75) is 40.2 Å². The number of nitrogens with zero attached hydrogens (tertiary/aromatic N) is 1. The molecule has 1 aromatic heterocycles. The number of hydrogen-bond donors (Lipinski definition) is 2. The van der Waals surface area contributed by atoms with Gasteiger partial charge in [0.2, 0.25) is 0 Å². The second-order valence-corrected chi connectivity index (χ2v) is 4.82. The molecule has 0 spiro atoms. The van der Waals surface area contributed by atoms with Crippen LogP contribution in [0.4, 0.5) is 4.79 Å². The number of amides is 1. The van der Waals surface area contributed by atoms with Crippen molar-refractivity contribution >= 4 is 6.09 Å². The Morgan fingerprint density at radius 1 is 1.62 bits per heavy atom. The molecule has 1 amide bonds. The van der Waals surface area contributed by atoms with Crippen LogP contribution >= 0.6 is 0 Å². The molecule has 0 saturated carbocycles. The first-order valence-electron chi connectivity index (χ1n) is 5.29. The van der Waals surface area contributed by atoms with Crippen LogP contribution in [0.15, 0.2) is 10.6 Å². The second-order valence-electron chi connectivity index (χ2n) is 4.82. The van der Waals surface area contributed by atoms with E-state index in [1.165, 1.54) is 0 Å². The van der Waals surface area contributed by atoms with Crippen LogP contribution in [0.25, 0.3) is 0 Å². The summed E-state index contributed by atoms with van der Waals surface area (Å²) in [5, 5.41) is 15.1. The standard InChI is InChI=1S/C11H18N2O3/c1-5-7-6-8(16-13-7)9(11(2,3)4)12-10(14)15/h6,9,12H,5H2,1-4H3,(H,14,15). The largest absolute Gasteiger partial charge is 0.465 e. The van der Waals surface area contributed by atoms with Gasteiger partial charge >= 0.3 is 6.09 Å². The summed E-state index contributed by atoms with van der Waals surface area (Å²) in [5.74, 6) is 0.562. The molecule has 0 fully saturated rings. The monoisotopic (exact) mass is 226 g/mol. The van der Waals surface area contributed by atoms with Gasteiger partial charge in [-0.15, -0.1) is 0 Å². The third kappa shape index (κ3) is 2.98. The fourth-order valence-electron chi connectivity index (χ4n) is 1.47. The molecular formula is C11H18N2O3. The minimum absolute atomic E-state index is 0.261. The summed E-state index contributed by atoms with van der Waals surface area (Å²) in [4.78, 5) is 10.7. The quantitative estimate of drug-likeness (QED) is 0.830. The van der Waals surface area contributed by atoms with Crippen LogP contribution in [0.1, 0.15) is 45.2 Å². The van der Waals surface area contributed by atoms with Crippen LogP contribution in [0.2, 0.25) is 0 Å². The molecule has 16 heavy (non-hydrogen) atoms. The molecule has 90 valence electrons. The predicted octanol–water partition coefficient (Wildman–Crippen LogP) is 2.59. The zero-order valence-corrected chi connectivity index (χ0v) is 10.1. The molecule has 0 aliphatic rings. The highest BCUT2D eigenvalue weighted by Gasteiger charge is 2.31. The minimum Gasteiger partial charge on any atom is -0.465 e. The van der Waals surface area contributed by atoms with Crippen LogP contribution in [-0.2, 0) is 6.42 Å². The summed E-state index contributed by atoms with van der Waals surface area (Å²) in [5.41, 5.74) is 0.569. The predicted molar refractivity (Wildman–Crippen MR) is 59.2 cm³/mol. The molecule has 5 nitrogen and oxygen atoms in total. The molecule has 0 aliphatic heterocycles. The lowest BCUT2D eigenvalue weighted by atomic mass is 9.85. The van der Waals surface area contributed by atoms with Gasteiger partial charge in [0.25, 0.3) is 0 Å². The van der Waals surface area contributed by atoms with Gasteiger partial charge in [0, 0.05) is 6.07 Å². The molecule has 1 heterocycles. The van der Waals surface area contributed by atoms with Gasteiger partial charge < -0.3 is 14.9 Å². The molecule has 0 aromatic carbocycles. The molecule has 0 bridgehead atoms. The highest BCUT2D eigenvalue weighted by atomic mass is 16.5. The maximum absolute atomic E-state index is 10.7. The lowest BCUT2D eigenvalue weighted by Crippen LogP contribution is -2.35. The Morgan fingerprint density at radius 2 is 2.25 bits per heavy atom. The first-order valence-corrected chi connectivity index (χ1v) is 5.29. The van der Waals surface area contributed by atoms with Crippen molar-refractivity contribution in [3.05, 3.63) is 17.5 Å². The van der Waals surface area contributed by atoms with Crippen LogP contribution in [0.3, 0.4) is 0 Å². The average molecular weight is 226 g/mol. The number of hydrogen-bond acceptors (Lipinski definition) is 3. The Morgan fingerprint density at radius 3 is 2.62 bits per heavy atom. The number of aryl methyl sites for hydroxylation is 1. The number of aromatic nitrogens is 1. The maximum atomic E-state index is 10.7. The normalized spacial score (nSPS) is 13.5. The smallest absolute Gasteiger partial charge is 0.405 e. The number of nitrogens with one attached hydrogen (secondary N) is 1. The van der Waals surface area contributed by atoms with E-state index in [9.17, 15) is 4.79 Å². The van der Waals surface area contributed by atoms with Crippen molar-refractivity contribution in [1.82, 2.24) is 10.5 Å². The first-order chi connectivity index (χ1) is 7.34. The summed E-state index contributed by atoms with van der Waals surface area (Å²) in [6.45, 7) is 7.81. The van der Waals surface area contributed by atoms with Gasteiger partial charge in [0.1, 0.15) is 0 Å². The summed E-state index contributed by atoms with van der Waals surface area (Å²) in [7, 11) is 0. The van der Waals surface area contributed by atoms with Crippen molar-refractivity contribution in [2.24, 2.45) is 5.41 Å². The van der Waals surface area contributed by atoms with Crippen molar-refractivity contribution in [1.29, 1.82) is 0 Å². The van der Waals surface area contributed by atoms with E-state index >= 15 is 0 Å². The lowest BCUT2D eigenvalue weighted by Gasteiger charge is -2.28. The van der Waals surface area contributed by atoms with Crippen LogP contribution in [0.5, 0.6) is 0 Å². The van der Waals surface area contributed by atoms with E-state index in [0.717, 1.165) is 12.1 Å². The molecule has 1 aromatic rings. The van der Waals surface area contributed by atoms with Crippen molar-refractivity contribution in [3.63, 3.8) is 0 Å². The molecular weight excluding hydrogens is 208 g/mol. The van der Waals surface area contributed by atoms with Gasteiger partial charge in [-0.25, -0.2) is 4.79 Å². The van der Waals surface area contributed by atoms with E-state index in [-0.39, 0.29) is 5.41 Å². The molecule has 2 N–H and O–H groups in total. The van der Waals surface area contributed by atoms with Gasteiger partial charge in [-0.2, -0.15) is 0 Å². The molecule has 0 aliphatic carbocycles. The topological polar surface area (TPSA) is 75.4 Å².